The summed E-state index contributed by atoms with van der Waals surface area (Å²) >= 11 is 6.35. The molecule has 2 aromatic rings. The molecule has 0 aliphatic rings. The van der Waals surface area contributed by atoms with Gasteiger partial charge in [0.1, 0.15) is 5.82 Å². The lowest BCUT2D eigenvalue weighted by Gasteiger charge is -2.10. The van der Waals surface area contributed by atoms with Crippen LogP contribution in [-0.4, -0.2) is 14.8 Å². The van der Waals surface area contributed by atoms with Crippen LogP contribution in [0, 0.1) is 0 Å². The van der Waals surface area contributed by atoms with Crippen LogP contribution in [0.5, 0.6) is 0 Å². The van der Waals surface area contributed by atoms with Gasteiger partial charge in [0.05, 0.1) is 10.7 Å². The second kappa shape index (κ2) is 5.72. The topological polar surface area (TPSA) is 56.7 Å². The smallest absolute Gasteiger partial charge is 0.151 e. The summed E-state index contributed by atoms with van der Waals surface area (Å²) in [4.78, 5) is 4.49. The lowest BCUT2D eigenvalue weighted by atomic mass is 10.1. The molecule has 0 unspecified atom stereocenters. The highest BCUT2D eigenvalue weighted by Gasteiger charge is 2.13. The standard InChI is InChI=1S/C14H19ClN4/c1-4-13-17-14(5-2)19(18-13)12-7-6-10(9(3)16)8-11(12)15/h6-9H,4-5,16H2,1-3H3/t9-/m0/s1. The number of nitrogens with two attached hydrogens (primary N) is 1. The van der Waals surface area contributed by atoms with Gasteiger partial charge in [0.15, 0.2) is 5.82 Å². The molecule has 0 amide bonds. The van der Waals surface area contributed by atoms with Crippen LogP contribution >= 0.6 is 11.6 Å². The van der Waals surface area contributed by atoms with E-state index in [-0.39, 0.29) is 6.04 Å². The third-order valence-electron chi connectivity index (χ3n) is 3.08. The average Bonchev–Trinajstić information content (AvgIpc) is 2.81. The summed E-state index contributed by atoms with van der Waals surface area (Å²) in [5.41, 5.74) is 7.73. The molecule has 1 heterocycles. The lowest BCUT2D eigenvalue weighted by Crippen LogP contribution is -2.07. The van der Waals surface area contributed by atoms with E-state index in [1.807, 2.05) is 36.7 Å². The largest absolute Gasteiger partial charge is 0.324 e. The Morgan fingerprint density at radius 2 is 2.05 bits per heavy atom. The molecule has 19 heavy (non-hydrogen) atoms. The van der Waals surface area contributed by atoms with E-state index in [1.165, 1.54) is 0 Å². The van der Waals surface area contributed by atoms with Crippen molar-refractivity contribution < 1.29 is 0 Å². The Labute approximate surface area is 118 Å². The van der Waals surface area contributed by atoms with Gasteiger partial charge < -0.3 is 5.73 Å². The molecule has 102 valence electrons. The molecule has 0 fully saturated rings. The van der Waals surface area contributed by atoms with E-state index < -0.39 is 0 Å². The average molecular weight is 279 g/mol. The number of hydrogen-bond donors (Lipinski definition) is 1. The summed E-state index contributed by atoms with van der Waals surface area (Å²) in [7, 11) is 0. The van der Waals surface area contributed by atoms with Gasteiger partial charge in [0.2, 0.25) is 0 Å². The highest BCUT2D eigenvalue weighted by atomic mass is 35.5. The Morgan fingerprint density at radius 1 is 1.32 bits per heavy atom. The minimum absolute atomic E-state index is 0.0286. The van der Waals surface area contributed by atoms with Crippen molar-refractivity contribution in [3.63, 3.8) is 0 Å². The second-order valence-electron chi connectivity index (χ2n) is 4.56. The molecule has 0 bridgehead atoms. The van der Waals surface area contributed by atoms with E-state index in [0.717, 1.165) is 35.7 Å². The second-order valence-corrected chi connectivity index (χ2v) is 4.97. The predicted octanol–water partition coefficient (Wildman–Crippen LogP) is 3.07. The molecule has 0 radical (unpaired) electrons. The van der Waals surface area contributed by atoms with Gasteiger partial charge in [-0.3, -0.25) is 0 Å². The Balaban J connectivity index is 2.49. The number of halogens is 1. The fourth-order valence-corrected chi connectivity index (χ4v) is 2.21. The van der Waals surface area contributed by atoms with Gasteiger partial charge in [0.25, 0.3) is 0 Å². The molecule has 2 rings (SSSR count). The van der Waals surface area contributed by atoms with Crippen LogP contribution in [0.25, 0.3) is 5.69 Å². The molecule has 5 heteroatoms. The van der Waals surface area contributed by atoms with Gasteiger partial charge in [-0.1, -0.05) is 31.5 Å². The maximum Gasteiger partial charge on any atom is 0.151 e. The quantitative estimate of drug-likeness (QED) is 0.935. The molecular weight excluding hydrogens is 260 g/mol. The summed E-state index contributed by atoms with van der Waals surface area (Å²) in [6.45, 7) is 6.04. The molecule has 0 saturated carbocycles. The highest BCUT2D eigenvalue weighted by molar-refractivity contribution is 6.32. The number of aryl methyl sites for hydroxylation is 2. The summed E-state index contributed by atoms with van der Waals surface area (Å²) in [5.74, 6) is 1.76. The molecule has 4 nitrogen and oxygen atoms in total. The fraction of sp³-hybridized carbons (Fsp3) is 0.429. The zero-order chi connectivity index (χ0) is 14.0. The number of nitrogens with zero attached hydrogens (tertiary/aromatic N) is 3. The monoisotopic (exact) mass is 278 g/mol. The maximum absolute atomic E-state index is 6.35. The van der Waals surface area contributed by atoms with Crippen LogP contribution in [-0.2, 0) is 12.8 Å². The first-order valence-corrected chi connectivity index (χ1v) is 6.94. The molecule has 2 N–H and O–H groups in total. The SMILES string of the molecule is CCc1nc(CC)n(-c2ccc([C@H](C)N)cc2Cl)n1. The molecule has 0 aliphatic heterocycles. The van der Waals surface area contributed by atoms with E-state index in [4.69, 9.17) is 17.3 Å². The van der Waals surface area contributed by atoms with Crippen molar-refractivity contribution in [2.45, 2.75) is 39.7 Å². The van der Waals surface area contributed by atoms with Crippen molar-refractivity contribution in [1.82, 2.24) is 14.8 Å². The Morgan fingerprint density at radius 3 is 2.58 bits per heavy atom. The highest BCUT2D eigenvalue weighted by Crippen LogP contribution is 2.25. The van der Waals surface area contributed by atoms with Crippen molar-refractivity contribution in [3.8, 4) is 5.69 Å². The predicted molar refractivity (Wildman–Crippen MR) is 77.7 cm³/mol. The van der Waals surface area contributed by atoms with E-state index in [1.54, 1.807) is 0 Å². The Kier molecular flexibility index (Phi) is 4.22. The zero-order valence-corrected chi connectivity index (χ0v) is 12.3. The first-order valence-electron chi connectivity index (χ1n) is 6.57. The fourth-order valence-electron chi connectivity index (χ4n) is 1.94. The van der Waals surface area contributed by atoms with Crippen molar-refractivity contribution in [3.05, 3.63) is 40.4 Å². The molecule has 0 aliphatic carbocycles. The summed E-state index contributed by atoms with van der Waals surface area (Å²) < 4.78 is 1.83. The van der Waals surface area contributed by atoms with Gasteiger partial charge in [-0.25, -0.2) is 9.67 Å². The van der Waals surface area contributed by atoms with Crippen LogP contribution < -0.4 is 5.73 Å². The normalized spacial score (nSPS) is 12.7. The molecule has 1 aromatic heterocycles. The van der Waals surface area contributed by atoms with Gasteiger partial charge in [0, 0.05) is 18.9 Å². The van der Waals surface area contributed by atoms with Crippen LogP contribution in [0.4, 0.5) is 0 Å². The molecular formula is C14H19ClN4. The van der Waals surface area contributed by atoms with E-state index in [2.05, 4.69) is 17.0 Å². The molecule has 0 spiro atoms. The number of benzene rings is 1. The number of rotatable bonds is 4. The molecule has 1 aromatic carbocycles. The lowest BCUT2D eigenvalue weighted by molar-refractivity contribution is 0.785. The van der Waals surface area contributed by atoms with E-state index >= 15 is 0 Å². The summed E-state index contributed by atoms with van der Waals surface area (Å²) in [6.07, 6.45) is 1.63. The summed E-state index contributed by atoms with van der Waals surface area (Å²) in [5, 5.41) is 5.15. The minimum atomic E-state index is -0.0286. The van der Waals surface area contributed by atoms with E-state index in [0.29, 0.717) is 5.02 Å². The summed E-state index contributed by atoms with van der Waals surface area (Å²) in [6, 6.07) is 5.81. The Hall–Kier alpha value is -1.39. The van der Waals surface area contributed by atoms with Gasteiger partial charge in [-0.2, -0.15) is 5.10 Å². The minimum Gasteiger partial charge on any atom is -0.324 e. The molecule has 1 atom stereocenters. The van der Waals surface area contributed by atoms with Crippen LogP contribution in [0.1, 0.15) is 44.0 Å². The number of hydrogen-bond acceptors (Lipinski definition) is 3. The van der Waals surface area contributed by atoms with Crippen molar-refractivity contribution in [2.75, 3.05) is 0 Å². The zero-order valence-electron chi connectivity index (χ0n) is 11.5. The maximum atomic E-state index is 6.35. The Bertz CT molecular complexity index is 575. The van der Waals surface area contributed by atoms with Gasteiger partial charge in [-0.05, 0) is 24.6 Å². The first-order chi connectivity index (χ1) is 9.06. The van der Waals surface area contributed by atoms with Gasteiger partial charge >= 0.3 is 0 Å². The van der Waals surface area contributed by atoms with Gasteiger partial charge in [-0.15, -0.1) is 0 Å². The third-order valence-corrected chi connectivity index (χ3v) is 3.38. The van der Waals surface area contributed by atoms with Crippen LogP contribution in [0.2, 0.25) is 5.02 Å². The van der Waals surface area contributed by atoms with Crippen molar-refractivity contribution in [1.29, 1.82) is 0 Å². The van der Waals surface area contributed by atoms with Crippen molar-refractivity contribution >= 4 is 11.6 Å². The molecule has 0 saturated heterocycles. The van der Waals surface area contributed by atoms with Crippen molar-refractivity contribution in [2.24, 2.45) is 5.73 Å². The third kappa shape index (κ3) is 2.80. The number of aromatic nitrogens is 3. The van der Waals surface area contributed by atoms with Crippen LogP contribution in [0.15, 0.2) is 18.2 Å². The van der Waals surface area contributed by atoms with Crippen LogP contribution in [0.3, 0.4) is 0 Å². The first kappa shape index (κ1) is 14.0. The van der Waals surface area contributed by atoms with E-state index in [9.17, 15) is 0 Å².